The molecule has 0 spiro atoms. The molecule has 5 aromatic rings. The molecule has 119 heavy (non-hydrogen) atoms. The second kappa shape index (κ2) is 38.5. The van der Waals surface area contributed by atoms with Crippen LogP contribution in [0.5, 0.6) is 23.0 Å². The lowest BCUT2D eigenvalue weighted by Gasteiger charge is -2.50. The number of nitrogens with one attached hydrogen (secondary N) is 1. The van der Waals surface area contributed by atoms with E-state index in [1.807, 2.05) is 0 Å². The molecule has 21 saturated heterocycles. The Morgan fingerprint density at radius 3 is 0.773 bits per heavy atom. The first kappa shape index (κ1) is 89.1. The van der Waals surface area contributed by atoms with Crippen LogP contribution in [-0.2, 0) is 116 Å². The minimum absolute atomic E-state index is 0.0288. The number of hydrogen-bond acceptors (Lipinski definition) is 40. The standard InChI is InChI=1S/C79H103NO39/c81-22-41-65-52(92)58(98)74(106-41)114-67-43(24-83)108-76(60(100)54(67)94)116-69-45(26-85)110-78(62(102)56(69)96)118-71-47(28-87)112-79(119-70-46(27-86)111-77(63(103)57(70)97)117-68-44(25-84)109-75(61(101)55(68)95)115-66-42(23-82)107-73(113-65)59(99)53(66)93)72(64(71)104)105-29-38-7-2-1-6-37(38)21-80-20-30-14-39-18-35-12-4-10-33(49(35)89)16-31-8-3-9-32(48(31)88)17-34-11-5-13-36(50(34)90)19-40(15-30)51(39)91/h1-15,41-47,52-104H,16-29H2/t41-,42-,43-,44-,45-,46-,47-,52-,53-,54-,55-,56-,57-,58-,59-,60-,61-,62-,63-,64+,65-,66-,67-,68-,69-,70-,71-,72-,73-,74-,75-,76-,77-,78-,79-/m1/s1. The van der Waals surface area contributed by atoms with E-state index in [1.54, 1.807) is 91.0 Å². The van der Waals surface area contributed by atoms with Gasteiger partial charge in [-0.05, 0) is 61.2 Å². The van der Waals surface area contributed by atoms with Gasteiger partial charge < -0.3 is 199 Å². The molecule has 21 aliphatic heterocycles. The molecule has 658 valence electrons. The Balaban J connectivity index is 0.745. The summed E-state index contributed by atoms with van der Waals surface area (Å²) in [5.41, 5.74) is 5.69. The van der Waals surface area contributed by atoms with Crippen LogP contribution < -0.4 is 5.32 Å². The molecule has 21 heterocycles. The fourth-order valence-electron chi connectivity index (χ4n) is 16.8. The molecular weight excluding hydrogens is 1590 g/mol. The third kappa shape index (κ3) is 18.3. The van der Waals surface area contributed by atoms with Gasteiger partial charge in [0, 0.05) is 38.8 Å². The monoisotopic (exact) mass is 1690 g/mol. The molecule has 0 radical (unpaired) electrons. The molecule has 1 aliphatic carbocycles. The highest BCUT2D eigenvalue weighted by molar-refractivity contribution is 5.55. The summed E-state index contributed by atoms with van der Waals surface area (Å²) in [7, 11) is 0. The Morgan fingerprint density at radius 1 is 0.261 bits per heavy atom. The summed E-state index contributed by atoms with van der Waals surface area (Å²) in [5.74, 6) is -0.0976. The van der Waals surface area contributed by atoms with Crippen LogP contribution in [0, 0.1) is 0 Å². The van der Waals surface area contributed by atoms with Gasteiger partial charge in [-0.3, -0.25) is 0 Å². The fraction of sp³-hybridized carbons (Fsp3) is 0.620. The average Bonchev–Trinajstić information content (AvgIpc) is 0.807. The van der Waals surface area contributed by atoms with E-state index in [0.29, 0.717) is 61.2 Å². The van der Waals surface area contributed by atoms with Crippen LogP contribution in [-0.4, -0.2) is 384 Å². The molecule has 0 aromatic heterocycles. The van der Waals surface area contributed by atoms with Crippen molar-refractivity contribution in [1.29, 1.82) is 0 Å². The second-order valence-corrected chi connectivity index (χ2v) is 31.1. The third-order valence-electron chi connectivity index (χ3n) is 23.4. The van der Waals surface area contributed by atoms with Gasteiger partial charge in [-0.25, -0.2) is 0 Å². The van der Waals surface area contributed by atoms with Gasteiger partial charge in [0.25, 0.3) is 0 Å². The molecular formula is C79H103NO39. The van der Waals surface area contributed by atoms with Gasteiger partial charge in [0.1, 0.15) is 194 Å². The molecule has 35 atom stereocenters. The third-order valence-corrected chi connectivity index (χ3v) is 23.4. The Kier molecular flexibility index (Phi) is 28.9. The second-order valence-electron chi connectivity index (χ2n) is 31.1. The van der Waals surface area contributed by atoms with E-state index in [2.05, 4.69) is 5.32 Å². The Hall–Kier alpha value is -6.14. The molecule has 0 saturated carbocycles. The molecule has 0 unspecified atom stereocenters. The summed E-state index contributed by atoms with van der Waals surface area (Å²) in [6.45, 7) is -7.78. The fourth-order valence-corrected chi connectivity index (χ4v) is 16.8. The molecule has 27 rings (SSSR count). The highest BCUT2D eigenvalue weighted by Gasteiger charge is 2.60. The number of phenols is 4. The predicted octanol–water partition coefficient (Wildman–Crippen LogP) is -8.22. The van der Waals surface area contributed by atoms with Crippen molar-refractivity contribution in [2.45, 2.75) is 260 Å². The van der Waals surface area contributed by atoms with Crippen molar-refractivity contribution in [2.75, 3.05) is 46.2 Å². The van der Waals surface area contributed by atoms with Crippen LogP contribution in [0.4, 0.5) is 0 Å². The number of rotatable bonds is 14. The molecule has 22 aliphatic rings. The largest absolute Gasteiger partial charge is 0.507 e. The molecule has 0 amide bonds. The smallest absolute Gasteiger partial charge is 0.187 e. The van der Waals surface area contributed by atoms with Crippen LogP contribution in [0.2, 0.25) is 0 Å². The van der Waals surface area contributed by atoms with E-state index < -0.39 is 268 Å². The maximum absolute atomic E-state index is 12.8. The van der Waals surface area contributed by atoms with Gasteiger partial charge in [-0.2, -0.15) is 0 Å². The number of ether oxygens (including phenoxy) is 15. The minimum Gasteiger partial charge on any atom is -0.507 e. The number of aromatic hydroxyl groups is 4. The predicted molar refractivity (Wildman–Crippen MR) is 392 cm³/mol. The summed E-state index contributed by atoms with van der Waals surface area (Å²) in [5, 5.41) is 279. The quantitative estimate of drug-likeness (QED) is 0.0482. The number of benzene rings is 5. The molecule has 25 N–H and O–H groups in total. The van der Waals surface area contributed by atoms with Crippen LogP contribution in [0.3, 0.4) is 0 Å². The maximum Gasteiger partial charge on any atom is 0.187 e. The SMILES string of the molecule is OC[C@H]1O[C@@H]2O[C@H]3[C@H](O)[C@@H](O)[C@@H](O[C@H]4[C@H](O)[C@@H](O)[C@@H](O[C@H]5[C@H](O)[C@@H](OCc6ccccc6CNCc6cc7c(O)c(c6)Cc6cccc(c6O)Cc6cccc(c6O)Cc6cccc(c6O)C7)[C@@H](O[C@H]6[C@H](O)[C@@H](O)[C@@H](O[C@H]7[C@H](O)[C@@H](O)[C@@H](O[C@H]8[C@H](O)[C@@H](O)[C@@H](O[C@H]1[C@H](O)[C@H]2O)O[C@@H]8CO)O[C@@H]7CO)O[C@@H]6CO)O[C@@H]5CO)O[C@@H]4CO)O[C@@H]3CO. The van der Waals surface area contributed by atoms with Crippen molar-refractivity contribution in [1.82, 2.24) is 5.32 Å². The lowest BCUT2D eigenvalue weighted by molar-refractivity contribution is -0.398. The number of aliphatic hydroxyl groups is 20. The number of phenolic OH excluding ortho intramolecular Hbond substituents is 4. The average molecular weight is 1690 g/mol. The maximum atomic E-state index is 12.8. The van der Waals surface area contributed by atoms with Gasteiger partial charge in [-0.15, -0.1) is 0 Å². The summed E-state index contributed by atoms with van der Waals surface area (Å²) in [6, 6.07) is 26.2. The zero-order chi connectivity index (χ0) is 84.7. The lowest BCUT2D eigenvalue weighted by Crippen LogP contribution is -2.68. The minimum atomic E-state index is -2.28. The van der Waals surface area contributed by atoms with Crippen molar-refractivity contribution >= 4 is 0 Å². The lowest BCUT2D eigenvalue weighted by atomic mass is 9.90. The molecule has 5 aromatic carbocycles. The molecule has 22 bridgehead atoms. The van der Waals surface area contributed by atoms with Gasteiger partial charge in [0.05, 0.1) is 52.9 Å². The summed E-state index contributed by atoms with van der Waals surface area (Å²) in [6.07, 6.45) is -71.1. The van der Waals surface area contributed by atoms with Crippen molar-refractivity contribution in [2.24, 2.45) is 0 Å². The van der Waals surface area contributed by atoms with Crippen molar-refractivity contribution < 1.29 is 194 Å². The molecule has 40 nitrogen and oxygen atoms in total. The number of fused-ring (bicyclic) bond motifs is 8. The summed E-state index contributed by atoms with van der Waals surface area (Å²) >= 11 is 0. The van der Waals surface area contributed by atoms with Gasteiger partial charge in [0.2, 0.25) is 0 Å². The van der Waals surface area contributed by atoms with Crippen LogP contribution in [0.1, 0.15) is 61.2 Å². The topological polar surface area (TPSA) is 636 Å². The van der Waals surface area contributed by atoms with Gasteiger partial charge in [-0.1, -0.05) is 91.0 Å². The van der Waals surface area contributed by atoms with Gasteiger partial charge in [0.15, 0.2) is 44.0 Å². The van der Waals surface area contributed by atoms with Crippen molar-refractivity contribution in [3.05, 3.63) is 152 Å². The van der Waals surface area contributed by atoms with Gasteiger partial charge >= 0.3 is 0 Å². The highest BCUT2D eigenvalue weighted by atomic mass is 16.8. The molecule has 40 heteroatoms. The number of aliphatic hydroxyl groups excluding tert-OH is 20. The van der Waals surface area contributed by atoms with E-state index in [0.717, 1.165) is 0 Å². The van der Waals surface area contributed by atoms with E-state index in [-0.39, 0.29) is 61.8 Å². The zero-order valence-electron chi connectivity index (χ0n) is 63.6. The van der Waals surface area contributed by atoms with Crippen LogP contribution in [0.15, 0.2) is 91.0 Å². The van der Waals surface area contributed by atoms with E-state index in [4.69, 9.17) is 71.1 Å². The first-order valence-electron chi connectivity index (χ1n) is 39.1. The van der Waals surface area contributed by atoms with Crippen molar-refractivity contribution in [3.8, 4) is 23.0 Å². The molecule has 21 fully saturated rings. The van der Waals surface area contributed by atoms with Crippen molar-refractivity contribution in [3.63, 3.8) is 0 Å². The zero-order valence-corrected chi connectivity index (χ0v) is 63.6. The van der Waals surface area contributed by atoms with E-state index >= 15 is 0 Å². The van der Waals surface area contributed by atoms with Crippen LogP contribution >= 0.6 is 0 Å². The Morgan fingerprint density at radius 2 is 0.496 bits per heavy atom. The summed E-state index contributed by atoms with van der Waals surface area (Å²) in [4.78, 5) is 0. The Labute approximate surface area is 678 Å². The Bertz CT molecular complexity index is 4070. The summed E-state index contributed by atoms with van der Waals surface area (Å²) < 4.78 is 89.7. The number of para-hydroxylation sites is 3. The van der Waals surface area contributed by atoms with E-state index in [9.17, 15) is 123 Å². The number of hydrogen-bond donors (Lipinski definition) is 25. The van der Waals surface area contributed by atoms with Crippen LogP contribution in [0.25, 0.3) is 0 Å². The first-order chi connectivity index (χ1) is 57.2. The normalized spacial score (nSPS) is 40.5. The highest BCUT2D eigenvalue weighted by Crippen LogP contribution is 2.43. The first-order valence-corrected chi connectivity index (χ1v) is 39.1. The van der Waals surface area contributed by atoms with E-state index in [1.165, 1.54) is 0 Å².